The Kier molecular flexibility index (Phi) is 7.72. The van der Waals surface area contributed by atoms with Crippen LogP contribution in [0.3, 0.4) is 0 Å². The van der Waals surface area contributed by atoms with E-state index in [0.29, 0.717) is 0 Å². The van der Waals surface area contributed by atoms with Crippen molar-refractivity contribution in [3.05, 3.63) is 78.2 Å². The van der Waals surface area contributed by atoms with Gasteiger partial charge in [0.2, 0.25) is 0 Å². The van der Waals surface area contributed by atoms with Gasteiger partial charge in [-0.3, -0.25) is 0 Å². The summed E-state index contributed by atoms with van der Waals surface area (Å²) in [6.45, 7) is 4.00. The summed E-state index contributed by atoms with van der Waals surface area (Å²) in [5.41, 5.74) is 3.59. The van der Waals surface area contributed by atoms with Gasteiger partial charge in [0.05, 0.1) is 0 Å². The maximum Gasteiger partial charge on any atom is 2.00 e. The molecule has 2 aromatic rings. The van der Waals surface area contributed by atoms with Gasteiger partial charge in [-0.25, -0.2) is 0 Å². The third-order valence-corrected chi connectivity index (χ3v) is 2.27. The van der Waals surface area contributed by atoms with Crippen molar-refractivity contribution in [3.8, 4) is 0 Å². The van der Waals surface area contributed by atoms with Crippen LogP contribution in [-0.2, 0) is 48.6 Å². The van der Waals surface area contributed by atoms with Crippen LogP contribution in [0.15, 0.2) is 48.5 Å². The SMILES string of the molecule is [CH2-]c1ccccc1Cc1[c-]cccc1.[W+2].[W]. The normalized spacial score (nSPS) is 8.75. The van der Waals surface area contributed by atoms with Crippen molar-refractivity contribution in [3.63, 3.8) is 0 Å². The first kappa shape index (κ1) is 15.7. The third-order valence-electron chi connectivity index (χ3n) is 2.27. The van der Waals surface area contributed by atoms with Gasteiger partial charge in [-0.2, -0.15) is 54.4 Å². The van der Waals surface area contributed by atoms with E-state index in [1.54, 1.807) is 0 Å². The second-order valence-corrected chi connectivity index (χ2v) is 3.33. The molecular formula is C14H12W2. The molecule has 0 spiro atoms. The molecule has 2 rings (SSSR count). The zero-order valence-electron chi connectivity index (χ0n) is 8.85. The van der Waals surface area contributed by atoms with Crippen LogP contribution in [0.4, 0.5) is 0 Å². The Bertz CT molecular complexity index is 410. The Morgan fingerprint density at radius 1 is 1.00 bits per heavy atom. The monoisotopic (exact) mass is 548 g/mol. The van der Waals surface area contributed by atoms with E-state index in [1.807, 2.05) is 36.4 Å². The minimum Gasteiger partial charge on any atom is -0.198 e. The first-order chi connectivity index (χ1) is 6.86. The molecule has 0 aliphatic heterocycles. The fourth-order valence-electron chi connectivity index (χ4n) is 1.48. The van der Waals surface area contributed by atoms with E-state index < -0.39 is 0 Å². The molecule has 2 aromatic carbocycles. The minimum atomic E-state index is 0. The van der Waals surface area contributed by atoms with Crippen LogP contribution < -0.4 is 0 Å². The molecule has 16 heavy (non-hydrogen) atoms. The van der Waals surface area contributed by atoms with E-state index >= 15 is 0 Å². The van der Waals surface area contributed by atoms with Crippen molar-refractivity contribution >= 4 is 0 Å². The van der Waals surface area contributed by atoms with Gasteiger partial charge in [-0.1, -0.05) is 12.5 Å². The molecule has 0 saturated carbocycles. The van der Waals surface area contributed by atoms with E-state index in [0.717, 1.165) is 12.0 Å². The van der Waals surface area contributed by atoms with Crippen molar-refractivity contribution in [1.29, 1.82) is 0 Å². The van der Waals surface area contributed by atoms with Gasteiger partial charge in [0.25, 0.3) is 0 Å². The van der Waals surface area contributed by atoms with Crippen molar-refractivity contribution in [2.45, 2.75) is 6.42 Å². The molecule has 0 aromatic heterocycles. The fraction of sp³-hybridized carbons (Fsp3) is 0.0714. The van der Waals surface area contributed by atoms with Gasteiger partial charge >= 0.3 is 21.1 Å². The van der Waals surface area contributed by atoms with E-state index in [2.05, 4.69) is 25.1 Å². The summed E-state index contributed by atoms with van der Waals surface area (Å²) in [7, 11) is 0. The maximum absolute atomic E-state index is 4.00. The zero-order valence-corrected chi connectivity index (χ0v) is 14.7. The number of hydrogen-bond acceptors (Lipinski definition) is 0. The predicted octanol–water partition coefficient (Wildman–Crippen LogP) is 3.25. The van der Waals surface area contributed by atoms with Crippen LogP contribution in [0.1, 0.15) is 16.7 Å². The molecule has 2 heteroatoms. The maximum atomic E-state index is 4.00. The largest absolute Gasteiger partial charge is 2.00 e. The van der Waals surface area contributed by atoms with Crippen molar-refractivity contribution < 1.29 is 42.1 Å². The van der Waals surface area contributed by atoms with Crippen LogP contribution in [0.25, 0.3) is 0 Å². The Morgan fingerprint density at radius 2 is 1.69 bits per heavy atom. The van der Waals surface area contributed by atoms with E-state index in [1.165, 1.54) is 11.1 Å². The number of benzene rings is 2. The second-order valence-electron chi connectivity index (χ2n) is 3.33. The van der Waals surface area contributed by atoms with Gasteiger partial charge in [0.1, 0.15) is 0 Å². The van der Waals surface area contributed by atoms with Crippen LogP contribution >= 0.6 is 0 Å². The Labute approximate surface area is 126 Å². The predicted molar refractivity (Wildman–Crippen MR) is 59.0 cm³/mol. The van der Waals surface area contributed by atoms with Gasteiger partial charge in [0, 0.05) is 21.1 Å². The standard InChI is InChI=1S/C14H12.2W/c1-12-7-5-6-10-14(12)11-13-8-3-2-4-9-13;;/h2-8,10H,1,11H2;;/q-2;;+2. The smallest absolute Gasteiger partial charge is 0.198 e. The van der Waals surface area contributed by atoms with Crippen LogP contribution in [0.5, 0.6) is 0 Å². The van der Waals surface area contributed by atoms with Crippen LogP contribution in [-0.4, -0.2) is 0 Å². The minimum absolute atomic E-state index is 0. The average molecular weight is 548 g/mol. The third kappa shape index (κ3) is 4.28. The molecular weight excluding hydrogens is 536 g/mol. The molecule has 0 aliphatic rings. The molecule has 0 amide bonds. The van der Waals surface area contributed by atoms with Gasteiger partial charge in [-0.15, -0.1) is 17.7 Å². The molecule has 0 aliphatic carbocycles. The summed E-state index contributed by atoms with van der Waals surface area (Å²) in [6, 6.07) is 19.5. The molecule has 0 N–H and O–H groups in total. The van der Waals surface area contributed by atoms with E-state index in [-0.39, 0.29) is 42.1 Å². The number of hydrogen-bond donors (Lipinski definition) is 0. The molecule has 0 bridgehead atoms. The molecule has 0 nitrogen and oxygen atoms in total. The molecule has 0 fully saturated rings. The molecule has 80 valence electrons. The molecule has 0 radical (unpaired) electrons. The summed E-state index contributed by atoms with van der Waals surface area (Å²) in [5.74, 6) is 0. The Hall–Kier alpha value is -0.313. The van der Waals surface area contributed by atoms with Crippen molar-refractivity contribution in [2.24, 2.45) is 0 Å². The average Bonchev–Trinajstić information content (AvgIpc) is 2.23. The zero-order chi connectivity index (χ0) is 9.80. The second kappa shape index (κ2) is 7.88. The molecule has 0 unspecified atom stereocenters. The summed E-state index contributed by atoms with van der Waals surface area (Å²) < 4.78 is 0. The molecule has 0 atom stereocenters. The first-order valence-corrected chi connectivity index (χ1v) is 4.72. The summed E-state index contributed by atoms with van der Waals surface area (Å²) >= 11 is 0. The quantitative estimate of drug-likeness (QED) is 0.507. The Morgan fingerprint density at radius 3 is 2.31 bits per heavy atom. The van der Waals surface area contributed by atoms with Gasteiger partial charge in [-0.05, 0) is 0 Å². The first-order valence-electron chi connectivity index (χ1n) is 4.72. The van der Waals surface area contributed by atoms with E-state index in [9.17, 15) is 0 Å². The molecule has 0 heterocycles. The summed E-state index contributed by atoms with van der Waals surface area (Å²) in [5, 5.41) is 0. The number of rotatable bonds is 2. The van der Waals surface area contributed by atoms with Crippen LogP contribution in [0, 0.1) is 13.0 Å². The van der Waals surface area contributed by atoms with Crippen molar-refractivity contribution in [2.75, 3.05) is 0 Å². The topological polar surface area (TPSA) is 0 Å². The van der Waals surface area contributed by atoms with Gasteiger partial charge in [0.15, 0.2) is 0 Å². The Balaban J connectivity index is 0.00000112. The summed E-state index contributed by atoms with van der Waals surface area (Å²) in [4.78, 5) is 0. The fourth-order valence-corrected chi connectivity index (χ4v) is 1.48. The van der Waals surface area contributed by atoms with Crippen molar-refractivity contribution in [1.82, 2.24) is 0 Å². The van der Waals surface area contributed by atoms with Gasteiger partial charge < -0.3 is 0 Å². The summed E-state index contributed by atoms with van der Waals surface area (Å²) in [6.07, 6.45) is 0.917. The molecule has 0 saturated heterocycles. The van der Waals surface area contributed by atoms with Crippen LogP contribution in [0.2, 0.25) is 0 Å². The van der Waals surface area contributed by atoms with E-state index in [4.69, 9.17) is 0 Å².